The first-order chi connectivity index (χ1) is 13.5. The normalized spacial score (nSPS) is 16.1. The molecule has 1 aliphatic rings. The van der Waals surface area contributed by atoms with Gasteiger partial charge in [0.2, 0.25) is 0 Å². The molecule has 3 rings (SSSR count). The van der Waals surface area contributed by atoms with Crippen LogP contribution in [0.3, 0.4) is 0 Å². The minimum absolute atomic E-state index is 0.0119. The third-order valence-corrected chi connectivity index (χ3v) is 4.08. The van der Waals surface area contributed by atoms with Crippen molar-refractivity contribution in [3.63, 3.8) is 0 Å². The number of aliphatic carboxylic acids is 1. The first-order valence-electron chi connectivity index (χ1n) is 8.27. The number of halogens is 3. The number of aromatic nitrogens is 2. The molecule has 29 heavy (non-hydrogen) atoms. The summed E-state index contributed by atoms with van der Waals surface area (Å²) in [5.41, 5.74) is -0.709. The summed E-state index contributed by atoms with van der Waals surface area (Å²) in [5, 5.41) is 29.2. The summed E-state index contributed by atoms with van der Waals surface area (Å²) >= 11 is 0. The van der Waals surface area contributed by atoms with Crippen LogP contribution in [0.4, 0.5) is 19.1 Å². The van der Waals surface area contributed by atoms with E-state index in [9.17, 15) is 28.2 Å². The number of hydroxylamine groups is 1. The number of hydrogen-bond acceptors (Lipinski definition) is 8. The monoisotopic (exact) mass is 415 g/mol. The molecule has 2 aromatic rings. The van der Waals surface area contributed by atoms with Crippen molar-refractivity contribution in [1.29, 1.82) is 0 Å². The number of carbonyl (C=O) groups is 1. The van der Waals surface area contributed by atoms with Gasteiger partial charge in [-0.1, -0.05) is 0 Å². The molecule has 0 atom stereocenters. The smallest absolute Gasteiger partial charge is 0.416 e. The summed E-state index contributed by atoms with van der Waals surface area (Å²) in [4.78, 5) is 23.9. The largest absolute Gasteiger partial charge is 0.481 e. The Kier molecular flexibility index (Phi) is 5.34. The highest BCUT2D eigenvalue weighted by Gasteiger charge is 2.41. The van der Waals surface area contributed by atoms with Crippen molar-refractivity contribution in [3.05, 3.63) is 35.7 Å². The topological polar surface area (TPSA) is 125 Å². The number of carboxylic acids is 1. The van der Waals surface area contributed by atoms with Gasteiger partial charge in [-0.15, -0.1) is 0 Å². The molecule has 0 unspecified atom stereocenters. The molecule has 9 nitrogen and oxygen atoms in total. The number of anilines is 1. The van der Waals surface area contributed by atoms with Crippen LogP contribution < -0.4 is 9.80 Å². The van der Waals surface area contributed by atoms with Crippen molar-refractivity contribution in [2.45, 2.75) is 25.4 Å². The molecule has 1 fully saturated rings. The third kappa shape index (κ3) is 4.39. The Bertz CT molecular complexity index is 935. The lowest BCUT2D eigenvalue weighted by Crippen LogP contribution is -2.43. The molecule has 2 heterocycles. The van der Waals surface area contributed by atoms with Crippen LogP contribution in [0.15, 0.2) is 24.4 Å². The van der Waals surface area contributed by atoms with Gasteiger partial charge in [0, 0.05) is 17.3 Å². The van der Waals surface area contributed by atoms with Gasteiger partial charge in [-0.3, -0.25) is 4.84 Å². The van der Waals surface area contributed by atoms with Crippen LogP contribution in [-0.4, -0.2) is 50.4 Å². The third-order valence-electron chi connectivity index (χ3n) is 4.08. The number of rotatable bonds is 5. The van der Waals surface area contributed by atoms with Crippen LogP contribution in [0.2, 0.25) is 0 Å². The molecule has 0 aliphatic carbocycles. The molecule has 1 aromatic carbocycles. The zero-order chi connectivity index (χ0) is 21.4. The SMILES string of the molecule is Cc1nc(N2OCCC2(O)O)ncc1-c1cc(C(F)(F)F)ccc1OCC(=O)O. The lowest BCUT2D eigenvalue weighted by atomic mass is 10.0. The van der Waals surface area contributed by atoms with Gasteiger partial charge in [0.25, 0.3) is 11.9 Å². The van der Waals surface area contributed by atoms with E-state index in [4.69, 9.17) is 14.7 Å². The second kappa shape index (κ2) is 7.46. The summed E-state index contributed by atoms with van der Waals surface area (Å²) in [7, 11) is 0. The van der Waals surface area contributed by atoms with E-state index in [1.165, 1.54) is 13.1 Å². The van der Waals surface area contributed by atoms with Crippen LogP contribution in [0.5, 0.6) is 5.75 Å². The van der Waals surface area contributed by atoms with Crippen LogP contribution in [0, 0.1) is 6.92 Å². The molecule has 0 bridgehead atoms. The number of carboxylic acid groups (broad SMARTS) is 1. The maximum Gasteiger partial charge on any atom is 0.416 e. The van der Waals surface area contributed by atoms with E-state index in [1.807, 2.05) is 0 Å². The van der Waals surface area contributed by atoms with Crippen molar-refractivity contribution in [2.24, 2.45) is 0 Å². The van der Waals surface area contributed by atoms with Crippen LogP contribution >= 0.6 is 0 Å². The van der Waals surface area contributed by atoms with E-state index in [0.29, 0.717) is 5.06 Å². The van der Waals surface area contributed by atoms with E-state index in [1.54, 1.807) is 0 Å². The fraction of sp³-hybridized carbons (Fsp3) is 0.353. The average Bonchev–Trinajstić information content (AvgIpc) is 2.98. The summed E-state index contributed by atoms with van der Waals surface area (Å²) in [6.45, 7) is 0.724. The number of aryl methyl sites for hydroxylation is 1. The van der Waals surface area contributed by atoms with Gasteiger partial charge in [-0.05, 0) is 25.1 Å². The molecule has 0 saturated carbocycles. The Morgan fingerprint density at radius 1 is 1.34 bits per heavy atom. The van der Waals surface area contributed by atoms with Gasteiger partial charge in [0.15, 0.2) is 6.61 Å². The maximum absolute atomic E-state index is 13.1. The average molecular weight is 415 g/mol. The Morgan fingerprint density at radius 3 is 2.62 bits per heavy atom. The van der Waals surface area contributed by atoms with E-state index in [0.717, 1.165) is 18.2 Å². The van der Waals surface area contributed by atoms with E-state index in [2.05, 4.69) is 9.97 Å². The fourth-order valence-electron chi connectivity index (χ4n) is 2.70. The quantitative estimate of drug-likeness (QED) is 0.626. The molecule has 0 amide bonds. The predicted molar refractivity (Wildman–Crippen MR) is 90.6 cm³/mol. The molecular formula is C17H16F3N3O6. The highest BCUT2D eigenvalue weighted by molar-refractivity contribution is 5.74. The molecular weight excluding hydrogens is 399 g/mol. The van der Waals surface area contributed by atoms with Gasteiger partial charge in [-0.25, -0.2) is 14.8 Å². The van der Waals surface area contributed by atoms with Crippen molar-refractivity contribution >= 4 is 11.9 Å². The first kappa shape index (κ1) is 20.8. The molecule has 3 N–H and O–H groups in total. The highest BCUT2D eigenvalue weighted by Crippen LogP contribution is 2.38. The zero-order valence-electron chi connectivity index (χ0n) is 15.0. The second-order valence-corrected chi connectivity index (χ2v) is 6.21. The Hall–Kier alpha value is -2.96. The molecule has 12 heteroatoms. The molecule has 0 spiro atoms. The summed E-state index contributed by atoms with van der Waals surface area (Å²) in [5.74, 6) is -3.92. The Morgan fingerprint density at radius 2 is 2.07 bits per heavy atom. The Labute approximate surface area is 161 Å². The number of nitrogens with zero attached hydrogens (tertiary/aromatic N) is 3. The van der Waals surface area contributed by atoms with E-state index >= 15 is 0 Å². The van der Waals surface area contributed by atoms with Crippen LogP contribution in [0.1, 0.15) is 17.7 Å². The minimum Gasteiger partial charge on any atom is -0.481 e. The summed E-state index contributed by atoms with van der Waals surface area (Å²) < 4.78 is 44.5. The minimum atomic E-state index is -4.63. The number of alkyl halides is 3. The lowest BCUT2D eigenvalue weighted by Gasteiger charge is -2.25. The zero-order valence-corrected chi connectivity index (χ0v) is 15.0. The van der Waals surface area contributed by atoms with Crippen molar-refractivity contribution in [3.8, 4) is 16.9 Å². The highest BCUT2D eigenvalue weighted by atomic mass is 19.4. The number of hydrogen-bond donors (Lipinski definition) is 3. The Balaban J connectivity index is 2.04. The fourth-order valence-corrected chi connectivity index (χ4v) is 2.70. The summed E-state index contributed by atoms with van der Waals surface area (Å²) in [6, 6.07) is 2.59. The molecule has 1 aliphatic heterocycles. The molecule has 1 aromatic heterocycles. The maximum atomic E-state index is 13.1. The lowest BCUT2D eigenvalue weighted by molar-refractivity contribution is -0.171. The molecule has 1 saturated heterocycles. The summed E-state index contributed by atoms with van der Waals surface area (Å²) in [6.07, 6.45) is -3.58. The number of aliphatic hydroxyl groups is 2. The van der Waals surface area contributed by atoms with Crippen molar-refractivity contribution in [1.82, 2.24) is 9.97 Å². The van der Waals surface area contributed by atoms with Gasteiger partial charge in [0.05, 0.1) is 24.3 Å². The number of benzene rings is 1. The number of ether oxygens (including phenoxy) is 1. The van der Waals surface area contributed by atoms with Crippen LogP contribution in [0.25, 0.3) is 11.1 Å². The van der Waals surface area contributed by atoms with E-state index in [-0.39, 0.29) is 41.5 Å². The van der Waals surface area contributed by atoms with Crippen molar-refractivity contribution < 1.29 is 42.9 Å². The van der Waals surface area contributed by atoms with Gasteiger partial charge in [0.1, 0.15) is 5.75 Å². The van der Waals surface area contributed by atoms with E-state index < -0.39 is 30.2 Å². The van der Waals surface area contributed by atoms with Crippen molar-refractivity contribution in [2.75, 3.05) is 18.3 Å². The predicted octanol–water partition coefficient (Wildman–Crippen LogP) is 1.71. The first-order valence-corrected chi connectivity index (χ1v) is 8.27. The second-order valence-electron chi connectivity index (χ2n) is 6.21. The van der Waals surface area contributed by atoms with Crippen LogP contribution in [-0.2, 0) is 15.8 Å². The van der Waals surface area contributed by atoms with Gasteiger partial charge < -0.3 is 20.1 Å². The molecule has 156 valence electrons. The van der Waals surface area contributed by atoms with Gasteiger partial charge in [-0.2, -0.15) is 18.2 Å². The van der Waals surface area contributed by atoms with Gasteiger partial charge >= 0.3 is 12.1 Å². The molecule has 0 radical (unpaired) electrons. The standard InChI is InChI=1S/C17H16F3N3O6/c1-9-12(7-21-15(22-9)23-16(26,27)4-5-29-23)11-6-10(17(18,19)20)2-3-13(11)28-8-14(24)25/h2-3,6-7,26-27H,4-5,8H2,1H3,(H,24,25).